The van der Waals surface area contributed by atoms with E-state index in [0.29, 0.717) is 0 Å². The molecule has 0 radical (unpaired) electrons. The Balaban J connectivity index is 0.000000980. The van der Waals surface area contributed by atoms with Gasteiger partial charge in [0.25, 0.3) is 0 Å². The van der Waals surface area contributed by atoms with Crippen LogP contribution in [-0.4, -0.2) is 19.0 Å². The molecular formula is C12H14LiN. The summed E-state index contributed by atoms with van der Waals surface area (Å²) in [6.45, 7) is 0. The van der Waals surface area contributed by atoms with Gasteiger partial charge in [-0.3, -0.25) is 0 Å². The normalized spacial score (nSPS) is 13.1. The van der Waals surface area contributed by atoms with E-state index in [1.165, 1.54) is 16.8 Å². The van der Waals surface area contributed by atoms with Crippen molar-refractivity contribution in [3.63, 3.8) is 0 Å². The Hall–Kier alpha value is -0.773. The Kier molecular flexibility index (Phi) is 3.75. The zero-order valence-corrected chi connectivity index (χ0v) is 9.12. The number of likely N-dealkylation sites (N-methyl/N-ethyl adjacent to an activating group) is 1. The van der Waals surface area contributed by atoms with Crippen molar-refractivity contribution in [2.45, 2.75) is 6.42 Å². The molecule has 0 aromatic heterocycles. The Labute approximate surface area is 98.0 Å². The van der Waals surface area contributed by atoms with E-state index in [4.69, 9.17) is 0 Å². The number of nitrogens with zero attached hydrogens (tertiary/aromatic N) is 1. The molecule has 0 saturated carbocycles. The van der Waals surface area contributed by atoms with Gasteiger partial charge in [0.2, 0.25) is 0 Å². The van der Waals surface area contributed by atoms with Crippen LogP contribution in [0.4, 0.5) is 0 Å². The third-order valence-corrected chi connectivity index (χ3v) is 2.41. The number of hydrogen-bond acceptors (Lipinski definition) is 1. The fourth-order valence-electron chi connectivity index (χ4n) is 1.61. The molecule has 0 bridgehead atoms. The van der Waals surface area contributed by atoms with E-state index in [1.807, 2.05) is 0 Å². The van der Waals surface area contributed by atoms with Crippen molar-refractivity contribution in [1.82, 2.24) is 4.90 Å². The summed E-state index contributed by atoms with van der Waals surface area (Å²) in [6, 6.07) is 8.55. The van der Waals surface area contributed by atoms with Crippen molar-refractivity contribution < 1.29 is 18.9 Å². The standard InChI is InChI=1S/C12H14N.Li/c1-13(2)12-8-7-10-5-3-4-6-11(10)9-12;/h3-6,8-9H,7H2,1-2H3;/q-1;+1. The summed E-state index contributed by atoms with van der Waals surface area (Å²) >= 11 is 0. The molecule has 1 nitrogen and oxygen atoms in total. The summed E-state index contributed by atoms with van der Waals surface area (Å²) in [5, 5.41) is 0. The van der Waals surface area contributed by atoms with Crippen molar-refractivity contribution in [3.8, 4) is 0 Å². The quantitative estimate of drug-likeness (QED) is 0.405. The van der Waals surface area contributed by atoms with Crippen LogP contribution in [0.1, 0.15) is 11.1 Å². The maximum Gasteiger partial charge on any atom is 1.00 e. The molecule has 0 aliphatic heterocycles. The predicted octanol–water partition coefficient (Wildman–Crippen LogP) is -0.755. The van der Waals surface area contributed by atoms with Crippen LogP contribution in [0, 0.1) is 6.42 Å². The van der Waals surface area contributed by atoms with Crippen LogP contribution in [0.25, 0.3) is 0 Å². The maximum atomic E-state index is 2.27. The number of hydrogen-bond donors (Lipinski definition) is 0. The predicted molar refractivity (Wildman–Crippen MR) is 55.3 cm³/mol. The molecule has 0 saturated heterocycles. The van der Waals surface area contributed by atoms with Gasteiger partial charge in [-0.15, -0.1) is 41.8 Å². The average Bonchev–Trinajstić information content (AvgIpc) is 2.17. The second kappa shape index (κ2) is 4.64. The van der Waals surface area contributed by atoms with Crippen LogP contribution in [0.3, 0.4) is 0 Å². The molecule has 0 fully saturated rings. The van der Waals surface area contributed by atoms with Crippen LogP contribution in [0.15, 0.2) is 36.0 Å². The fourth-order valence-corrected chi connectivity index (χ4v) is 1.61. The zero-order chi connectivity index (χ0) is 9.26. The first-order chi connectivity index (χ1) is 6.27. The summed E-state index contributed by atoms with van der Waals surface area (Å²) in [4.78, 5) is 2.15. The first-order valence-electron chi connectivity index (χ1n) is 4.57. The molecule has 2 rings (SSSR count). The molecule has 0 N–H and O–H groups in total. The molecule has 14 heavy (non-hydrogen) atoms. The van der Waals surface area contributed by atoms with Gasteiger partial charge in [0, 0.05) is 14.1 Å². The molecule has 0 unspecified atom stereocenters. The summed E-state index contributed by atoms with van der Waals surface area (Å²) in [6.07, 6.45) is 5.56. The minimum absolute atomic E-state index is 0. The molecule has 0 heterocycles. The van der Waals surface area contributed by atoms with Gasteiger partial charge >= 0.3 is 18.9 Å². The molecule has 1 aliphatic rings. The molecule has 0 spiro atoms. The molecule has 0 amide bonds. The van der Waals surface area contributed by atoms with E-state index < -0.39 is 0 Å². The minimum atomic E-state index is 0. The molecule has 0 atom stereocenters. The van der Waals surface area contributed by atoms with Crippen LogP contribution in [-0.2, 0) is 6.42 Å². The third-order valence-electron chi connectivity index (χ3n) is 2.41. The van der Waals surface area contributed by atoms with E-state index in [-0.39, 0.29) is 18.9 Å². The summed E-state index contributed by atoms with van der Waals surface area (Å²) in [5.74, 6) is 0. The summed E-state index contributed by atoms with van der Waals surface area (Å²) in [5.41, 5.74) is 4.08. The third kappa shape index (κ3) is 2.18. The first-order valence-corrected chi connectivity index (χ1v) is 4.57. The van der Waals surface area contributed by atoms with Gasteiger partial charge in [0.05, 0.1) is 0 Å². The van der Waals surface area contributed by atoms with Crippen LogP contribution in [0.2, 0.25) is 0 Å². The zero-order valence-electron chi connectivity index (χ0n) is 9.12. The summed E-state index contributed by atoms with van der Waals surface area (Å²) < 4.78 is 0. The molecule has 1 aromatic rings. The van der Waals surface area contributed by atoms with E-state index in [0.717, 1.165) is 6.42 Å². The van der Waals surface area contributed by atoms with E-state index in [1.54, 1.807) is 0 Å². The monoisotopic (exact) mass is 179 g/mol. The molecule has 68 valence electrons. The van der Waals surface area contributed by atoms with Crippen molar-refractivity contribution in [2.75, 3.05) is 14.1 Å². The maximum absolute atomic E-state index is 2.27. The minimum Gasteiger partial charge on any atom is -0.394 e. The van der Waals surface area contributed by atoms with Crippen LogP contribution >= 0.6 is 0 Å². The number of fused-ring (bicyclic) bond motifs is 1. The number of allylic oxidation sites excluding steroid dienone is 2. The van der Waals surface area contributed by atoms with Gasteiger partial charge in [-0.05, 0) is 0 Å². The largest absolute Gasteiger partial charge is 1.00 e. The first kappa shape index (κ1) is 11.3. The van der Waals surface area contributed by atoms with Crippen molar-refractivity contribution in [1.29, 1.82) is 0 Å². The van der Waals surface area contributed by atoms with Gasteiger partial charge in [-0.1, -0.05) is 18.2 Å². The Morgan fingerprint density at radius 2 is 1.93 bits per heavy atom. The Morgan fingerprint density at radius 3 is 2.64 bits per heavy atom. The molecule has 2 heteroatoms. The average molecular weight is 179 g/mol. The van der Waals surface area contributed by atoms with Gasteiger partial charge in [-0.25, -0.2) is 0 Å². The van der Waals surface area contributed by atoms with Gasteiger partial charge < -0.3 is 4.90 Å². The Morgan fingerprint density at radius 1 is 1.21 bits per heavy atom. The van der Waals surface area contributed by atoms with Crippen molar-refractivity contribution in [2.24, 2.45) is 0 Å². The molecule has 1 aliphatic carbocycles. The second-order valence-electron chi connectivity index (χ2n) is 3.57. The SMILES string of the molecule is CN(C)C1=CCc2ccccc2[CH-]1.[Li+]. The molecule has 1 aromatic carbocycles. The van der Waals surface area contributed by atoms with Gasteiger partial charge in [-0.2, -0.15) is 0 Å². The van der Waals surface area contributed by atoms with Crippen molar-refractivity contribution >= 4 is 0 Å². The molecular weight excluding hydrogens is 165 g/mol. The Bertz CT molecular complexity index is 342. The second-order valence-corrected chi connectivity index (χ2v) is 3.57. The van der Waals surface area contributed by atoms with E-state index in [2.05, 4.69) is 55.8 Å². The van der Waals surface area contributed by atoms with Crippen LogP contribution < -0.4 is 18.9 Å². The van der Waals surface area contributed by atoms with E-state index in [9.17, 15) is 0 Å². The number of benzene rings is 1. The van der Waals surface area contributed by atoms with Crippen LogP contribution in [0.5, 0.6) is 0 Å². The fraction of sp³-hybridized carbons (Fsp3) is 0.250. The smallest absolute Gasteiger partial charge is 0.394 e. The van der Waals surface area contributed by atoms with Crippen molar-refractivity contribution in [3.05, 3.63) is 53.6 Å². The van der Waals surface area contributed by atoms with E-state index >= 15 is 0 Å². The number of rotatable bonds is 1. The summed E-state index contributed by atoms with van der Waals surface area (Å²) in [7, 11) is 4.16. The van der Waals surface area contributed by atoms with Gasteiger partial charge in [0.15, 0.2) is 0 Å². The topological polar surface area (TPSA) is 3.24 Å². The van der Waals surface area contributed by atoms with Gasteiger partial charge in [0.1, 0.15) is 0 Å².